The van der Waals surface area contributed by atoms with Crippen LogP contribution in [0.5, 0.6) is 5.75 Å². The lowest BCUT2D eigenvalue weighted by Crippen LogP contribution is -2.36. The molecule has 4 aromatic carbocycles. The van der Waals surface area contributed by atoms with Crippen LogP contribution in [0.25, 0.3) is 34.4 Å². The van der Waals surface area contributed by atoms with Crippen LogP contribution in [-0.2, 0) is 18.9 Å². The first-order valence-electron chi connectivity index (χ1n) is 22.2. The fourth-order valence-electron chi connectivity index (χ4n) is 7.97. The number of carbonyl (C=O) groups excluding carboxylic acids is 2. The van der Waals surface area contributed by atoms with Crippen LogP contribution in [0.15, 0.2) is 121 Å². The molecule has 0 saturated carbocycles. The van der Waals surface area contributed by atoms with E-state index >= 15 is 0 Å². The average Bonchev–Trinajstić information content (AvgIpc) is 3.60. The van der Waals surface area contributed by atoms with Gasteiger partial charge in [0.2, 0.25) is 0 Å². The smallest absolute Gasteiger partial charge is 0.342 e. The highest BCUT2D eigenvalue weighted by molar-refractivity contribution is 5.98. The number of phenolic OH excluding ortho intramolecular Hbond substituents is 1. The van der Waals surface area contributed by atoms with E-state index in [9.17, 15) is 35.1 Å². The third-order valence-corrected chi connectivity index (χ3v) is 12.1. The lowest BCUT2D eigenvalue weighted by atomic mass is 9.93. The Hall–Kier alpha value is -5.66. The summed E-state index contributed by atoms with van der Waals surface area (Å²) in [5.41, 5.74) is 6.40. The summed E-state index contributed by atoms with van der Waals surface area (Å²) in [7, 11) is 0. The molecule has 1 fully saturated rings. The van der Waals surface area contributed by atoms with E-state index in [2.05, 4.69) is 12.1 Å². The summed E-state index contributed by atoms with van der Waals surface area (Å²) >= 11 is 0. The largest absolute Gasteiger partial charge is 0.507 e. The molecule has 3 aliphatic heterocycles. The molecule has 1 saturated heterocycles. The average molecular weight is 887 g/mol. The second-order valence-corrected chi connectivity index (χ2v) is 17.6. The number of hydrogen-bond donors (Lipinski definition) is 5. The molecule has 4 aromatic rings. The number of aryl methyl sites for hydroxylation is 1. The number of ether oxygens (including phenoxy) is 4. The monoisotopic (exact) mass is 886 g/mol. The summed E-state index contributed by atoms with van der Waals surface area (Å²) in [6.07, 6.45) is 7.95. The SMILES string of the molecule is C[C@@H]1/C=C\C(O)[C@@H](O)[C@@H](O)C/C=C/c2cc(-c3ccccc3)cc(O)c2C(=O)O[C@H]1C.Cc1cc(-c2ccccc2)cc2c1C(=O)O[C@@H](C)[C@H](C)/C=C\C(O)[C@H]1OC(C)(C)O[C@H]1C/C=C/2. The van der Waals surface area contributed by atoms with Crippen LogP contribution >= 0.6 is 0 Å². The number of fused-ring (bicyclic) bond motifs is 3. The molecule has 0 bridgehead atoms. The maximum atomic E-state index is 13.3. The van der Waals surface area contributed by atoms with E-state index in [0.717, 1.165) is 33.4 Å². The van der Waals surface area contributed by atoms with E-state index in [4.69, 9.17) is 18.9 Å². The first-order chi connectivity index (χ1) is 30.9. The van der Waals surface area contributed by atoms with Crippen molar-refractivity contribution in [2.75, 3.05) is 0 Å². The molecule has 7 rings (SSSR count). The summed E-state index contributed by atoms with van der Waals surface area (Å²) in [4.78, 5) is 26.2. The third kappa shape index (κ3) is 12.4. The standard InChI is InChI=1S/C29H34O5.C25H28O6/c1-18-14-15-24(30)27-25(33-29(4,5)34-27)13-9-12-22-17-23(21-10-7-6-8-11-21)16-19(2)26(22)28(31)32-20(18)3;1-15-11-12-21(27)24(29)20(26)10-6-9-18-13-19(17-7-4-3-5-8-17)14-22(28)23(18)25(30)31-16(15)2/h6-12,14-18,20,24-25,27,30H,13H2,1-5H3;3-9,11-16,20-21,24,26-29H,10H2,1-2H3/b12-9+,15-14-;9-6+,12-11-/t18-,20+,24?,25+,27-;15-,16+,20+,21?,24+/m11/s1. The van der Waals surface area contributed by atoms with Crippen LogP contribution in [0.2, 0.25) is 0 Å². The molecule has 0 aliphatic carbocycles. The summed E-state index contributed by atoms with van der Waals surface area (Å²) in [5.74, 6) is -2.35. The Kier molecular flexibility index (Phi) is 16.2. The highest BCUT2D eigenvalue weighted by Crippen LogP contribution is 2.35. The highest BCUT2D eigenvalue weighted by atomic mass is 16.8. The van der Waals surface area contributed by atoms with Crippen LogP contribution < -0.4 is 0 Å². The Labute approximate surface area is 382 Å². The Balaban J connectivity index is 0.000000216. The Morgan fingerprint density at radius 3 is 1.65 bits per heavy atom. The van der Waals surface area contributed by atoms with E-state index < -0.39 is 48.4 Å². The predicted octanol–water partition coefficient (Wildman–Crippen LogP) is 8.99. The van der Waals surface area contributed by atoms with Gasteiger partial charge in [0, 0.05) is 11.8 Å². The maximum absolute atomic E-state index is 13.3. The Bertz CT molecular complexity index is 2380. The minimum absolute atomic E-state index is 0.0334. The van der Waals surface area contributed by atoms with Gasteiger partial charge in [-0.25, -0.2) is 9.59 Å². The number of hydrogen-bond acceptors (Lipinski definition) is 11. The normalized spacial score (nSPS) is 30.2. The van der Waals surface area contributed by atoms with Gasteiger partial charge < -0.3 is 44.5 Å². The number of benzene rings is 4. The lowest BCUT2D eigenvalue weighted by Gasteiger charge is -2.22. The van der Waals surface area contributed by atoms with Gasteiger partial charge in [-0.2, -0.15) is 0 Å². The minimum atomic E-state index is -1.36. The lowest BCUT2D eigenvalue weighted by molar-refractivity contribution is -0.152. The van der Waals surface area contributed by atoms with E-state index in [-0.39, 0.29) is 47.7 Å². The minimum Gasteiger partial charge on any atom is -0.507 e. The molecule has 2 unspecified atom stereocenters. The highest BCUT2D eigenvalue weighted by Gasteiger charge is 2.43. The molecular weight excluding hydrogens is 825 g/mol. The quantitative estimate of drug-likeness (QED) is 0.0961. The zero-order chi connectivity index (χ0) is 47.0. The number of cyclic esters (lactones) is 2. The van der Waals surface area contributed by atoms with Crippen LogP contribution in [-0.4, -0.2) is 92.1 Å². The van der Waals surface area contributed by atoms with Gasteiger partial charge in [0.25, 0.3) is 0 Å². The Morgan fingerprint density at radius 1 is 0.585 bits per heavy atom. The number of esters is 2. The third-order valence-electron chi connectivity index (χ3n) is 12.1. The van der Waals surface area contributed by atoms with E-state index in [1.54, 1.807) is 44.2 Å². The van der Waals surface area contributed by atoms with E-state index in [1.165, 1.54) is 12.1 Å². The van der Waals surface area contributed by atoms with Crippen LogP contribution in [0.4, 0.5) is 0 Å². The zero-order valence-corrected chi connectivity index (χ0v) is 38.1. The molecule has 0 aromatic heterocycles. The number of carbonyl (C=O) groups is 2. The second kappa shape index (κ2) is 21.6. The summed E-state index contributed by atoms with van der Waals surface area (Å²) in [6.45, 7) is 13.0. The molecule has 344 valence electrons. The van der Waals surface area contributed by atoms with Gasteiger partial charge in [-0.3, -0.25) is 0 Å². The maximum Gasteiger partial charge on any atom is 0.342 e. The second-order valence-electron chi connectivity index (χ2n) is 17.6. The van der Waals surface area contributed by atoms with Gasteiger partial charge in [-0.05, 0) is 105 Å². The first kappa shape index (κ1) is 48.8. The number of aliphatic hydroxyl groups excluding tert-OH is 4. The van der Waals surface area contributed by atoms with Crippen molar-refractivity contribution in [2.45, 2.75) is 116 Å². The van der Waals surface area contributed by atoms with Gasteiger partial charge in [-0.15, -0.1) is 0 Å². The van der Waals surface area contributed by atoms with Crippen LogP contribution in [0.3, 0.4) is 0 Å². The summed E-state index contributed by atoms with van der Waals surface area (Å²) < 4.78 is 23.5. The summed E-state index contributed by atoms with van der Waals surface area (Å²) in [6, 6.07) is 26.9. The topological polar surface area (TPSA) is 172 Å². The first-order valence-corrected chi connectivity index (χ1v) is 22.2. The zero-order valence-electron chi connectivity index (χ0n) is 38.1. The van der Waals surface area contributed by atoms with Crippen molar-refractivity contribution in [3.63, 3.8) is 0 Å². The van der Waals surface area contributed by atoms with Crippen molar-refractivity contribution in [3.8, 4) is 28.0 Å². The number of phenols is 1. The number of aliphatic hydroxyl groups is 4. The van der Waals surface area contributed by atoms with Gasteiger partial charge in [-0.1, -0.05) is 129 Å². The predicted molar refractivity (Wildman–Crippen MR) is 252 cm³/mol. The van der Waals surface area contributed by atoms with Gasteiger partial charge >= 0.3 is 11.9 Å². The van der Waals surface area contributed by atoms with Crippen molar-refractivity contribution in [1.29, 1.82) is 0 Å². The molecule has 11 nitrogen and oxygen atoms in total. The fourth-order valence-corrected chi connectivity index (χ4v) is 7.97. The molecule has 3 aliphatic rings. The molecule has 0 amide bonds. The van der Waals surface area contributed by atoms with Gasteiger partial charge in [0.05, 0.1) is 17.8 Å². The van der Waals surface area contributed by atoms with E-state index in [1.807, 2.05) is 114 Å². The van der Waals surface area contributed by atoms with Crippen LogP contribution in [0, 0.1) is 18.8 Å². The Morgan fingerprint density at radius 2 is 1.08 bits per heavy atom. The van der Waals surface area contributed by atoms with Crippen molar-refractivity contribution in [3.05, 3.63) is 149 Å². The van der Waals surface area contributed by atoms with Crippen molar-refractivity contribution in [1.82, 2.24) is 0 Å². The number of rotatable bonds is 2. The van der Waals surface area contributed by atoms with E-state index in [0.29, 0.717) is 17.5 Å². The molecule has 5 N–H and O–H groups in total. The fraction of sp³-hybridized carbons (Fsp3) is 0.370. The summed E-state index contributed by atoms with van der Waals surface area (Å²) in [5, 5.41) is 52.0. The van der Waals surface area contributed by atoms with Crippen molar-refractivity contribution in [2.24, 2.45) is 11.8 Å². The molecule has 3 heterocycles. The van der Waals surface area contributed by atoms with Crippen molar-refractivity contribution >= 4 is 24.1 Å². The van der Waals surface area contributed by atoms with Gasteiger partial charge in [0.15, 0.2) is 5.79 Å². The molecular formula is C54H62O11. The van der Waals surface area contributed by atoms with Gasteiger partial charge in [0.1, 0.15) is 47.9 Å². The molecule has 65 heavy (non-hydrogen) atoms. The molecule has 0 spiro atoms. The van der Waals surface area contributed by atoms with Crippen LogP contribution in [0.1, 0.15) is 91.8 Å². The number of aromatic hydroxyl groups is 1. The molecule has 0 radical (unpaired) electrons. The molecule has 11 heteroatoms. The van der Waals surface area contributed by atoms with Crippen molar-refractivity contribution < 1.29 is 54.1 Å². The molecule has 10 atom stereocenters.